The van der Waals surface area contributed by atoms with Crippen molar-refractivity contribution in [3.8, 4) is 22.5 Å². The molecule has 1 N–H and O–H groups in total. The van der Waals surface area contributed by atoms with Gasteiger partial charge in [0.2, 0.25) is 0 Å². The largest absolute Gasteiger partial charge is 0.388 e. The fourth-order valence-electron chi connectivity index (χ4n) is 3.27. The van der Waals surface area contributed by atoms with Crippen LogP contribution in [0.2, 0.25) is 5.02 Å². The van der Waals surface area contributed by atoms with Crippen LogP contribution in [0, 0.1) is 0 Å². The first-order chi connectivity index (χ1) is 14.1. The lowest BCUT2D eigenvalue weighted by atomic mass is 10.0. The summed E-state index contributed by atoms with van der Waals surface area (Å²) in [6.45, 7) is 5.13. The molecule has 0 saturated heterocycles. The van der Waals surface area contributed by atoms with Gasteiger partial charge in [0.25, 0.3) is 5.56 Å². The monoisotopic (exact) mass is 423 g/mol. The molecule has 7 nitrogen and oxygen atoms in total. The lowest BCUT2D eigenvalue weighted by Crippen LogP contribution is -2.37. The molecule has 3 heterocycles. The van der Waals surface area contributed by atoms with Gasteiger partial charge in [-0.25, -0.2) is 9.97 Å². The van der Waals surface area contributed by atoms with E-state index in [-0.39, 0.29) is 5.56 Å². The zero-order valence-corrected chi connectivity index (χ0v) is 17.9. The highest BCUT2D eigenvalue weighted by atomic mass is 35.5. The summed E-state index contributed by atoms with van der Waals surface area (Å²) in [6.07, 6.45) is 5.00. The van der Waals surface area contributed by atoms with Gasteiger partial charge in [0.05, 0.1) is 35.2 Å². The molecule has 3 aromatic heterocycles. The van der Waals surface area contributed by atoms with E-state index in [0.717, 1.165) is 11.1 Å². The smallest absolute Gasteiger partial charge is 0.261 e. The SMILES string of the molecule is C[C@@H](n1cnc2c(-c3cnn(C)c3)nc(-c3ccc(Cl)cc3)cc2c1=O)C(C)(C)O. The van der Waals surface area contributed by atoms with Crippen LogP contribution >= 0.6 is 11.6 Å². The van der Waals surface area contributed by atoms with E-state index in [4.69, 9.17) is 16.6 Å². The van der Waals surface area contributed by atoms with E-state index in [2.05, 4.69) is 10.1 Å². The van der Waals surface area contributed by atoms with Crippen molar-refractivity contribution in [3.05, 3.63) is 64.4 Å². The molecule has 8 heteroatoms. The highest BCUT2D eigenvalue weighted by Gasteiger charge is 2.26. The van der Waals surface area contributed by atoms with Crippen molar-refractivity contribution in [3.63, 3.8) is 0 Å². The number of nitrogens with zero attached hydrogens (tertiary/aromatic N) is 5. The molecule has 0 radical (unpaired) electrons. The van der Waals surface area contributed by atoms with Gasteiger partial charge in [-0.2, -0.15) is 5.10 Å². The minimum Gasteiger partial charge on any atom is -0.388 e. The van der Waals surface area contributed by atoms with Crippen molar-refractivity contribution in [2.24, 2.45) is 7.05 Å². The molecule has 4 rings (SSSR count). The molecule has 0 aliphatic rings. The van der Waals surface area contributed by atoms with E-state index in [0.29, 0.717) is 27.3 Å². The van der Waals surface area contributed by atoms with E-state index in [9.17, 15) is 9.90 Å². The fourth-order valence-corrected chi connectivity index (χ4v) is 3.40. The van der Waals surface area contributed by atoms with Gasteiger partial charge in [0, 0.05) is 29.4 Å². The number of aromatic nitrogens is 5. The van der Waals surface area contributed by atoms with Crippen molar-refractivity contribution in [2.45, 2.75) is 32.4 Å². The van der Waals surface area contributed by atoms with Crippen LogP contribution < -0.4 is 5.56 Å². The van der Waals surface area contributed by atoms with E-state index in [1.54, 1.807) is 49.8 Å². The van der Waals surface area contributed by atoms with E-state index < -0.39 is 11.6 Å². The average Bonchev–Trinajstić information content (AvgIpc) is 3.13. The highest BCUT2D eigenvalue weighted by molar-refractivity contribution is 6.30. The average molecular weight is 424 g/mol. The first kappa shape index (κ1) is 20.3. The lowest BCUT2D eigenvalue weighted by Gasteiger charge is -2.27. The molecule has 30 heavy (non-hydrogen) atoms. The highest BCUT2D eigenvalue weighted by Crippen LogP contribution is 2.30. The van der Waals surface area contributed by atoms with Gasteiger partial charge in [0.1, 0.15) is 11.2 Å². The molecule has 0 aliphatic heterocycles. The number of benzene rings is 1. The summed E-state index contributed by atoms with van der Waals surface area (Å²) >= 11 is 6.03. The second-order valence-corrected chi connectivity index (χ2v) is 8.38. The standard InChI is InChI=1S/C22H22ClN5O2/c1-13(22(2,3)30)28-12-24-20-17(21(28)29)9-18(14-5-7-16(23)8-6-14)26-19(20)15-10-25-27(4)11-15/h5-13,30H,1-4H3/t13-/m1/s1. The lowest BCUT2D eigenvalue weighted by molar-refractivity contribution is 0.0290. The predicted octanol–water partition coefficient (Wildman–Crippen LogP) is 3.84. The number of pyridine rings is 1. The number of aryl methyl sites for hydroxylation is 1. The molecule has 0 saturated carbocycles. The molecule has 0 bridgehead atoms. The third kappa shape index (κ3) is 3.62. The van der Waals surface area contributed by atoms with Crippen LogP contribution in [0.15, 0.2) is 53.8 Å². The number of hydrogen-bond acceptors (Lipinski definition) is 5. The summed E-state index contributed by atoms with van der Waals surface area (Å²) < 4.78 is 3.14. The minimum atomic E-state index is -1.09. The van der Waals surface area contributed by atoms with Crippen molar-refractivity contribution >= 4 is 22.5 Å². The van der Waals surface area contributed by atoms with Gasteiger partial charge < -0.3 is 5.11 Å². The Labute approximate surface area is 178 Å². The van der Waals surface area contributed by atoms with Crippen molar-refractivity contribution in [1.29, 1.82) is 0 Å². The molecule has 1 atom stereocenters. The van der Waals surface area contributed by atoms with Gasteiger partial charge in [0.15, 0.2) is 0 Å². The Kier molecular flexibility index (Phi) is 4.95. The molecule has 4 aromatic rings. The normalized spacial score (nSPS) is 13.0. The van der Waals surface area contributed by atoms with E-state index in [1.165, 1.54) is 10.9 Å². The maximum atomic E-state index is 13.4. The number of halogens is 1. The second-order valence-electron chi connectivity index (χ2n) is 7.95. The summed E-state index contributed by atoms with van der Waals surface area (Å²) in [5.41, 5.74) is 1.96. The van der Waals surface area contributed by atoms with Crippen molar-refractivity contribution in [2.75, 3.05) is 0 Å². The molecule has 0 spiro atoms. The summed E-state index contributed by atoms with van der Waals surface area (Å²) in [4.78, 5) is 22.7. The number of hydrogen-bond donors (Lipinski definition) is 1. The van der Waals surface area contributed by atoms with Crippen molar-refractivity contribution < 1.29 is 5.11 Å². The van der Waals surface area contributed by atoms with Crippen LogP contribution in [0.4, 0.5) is 0 Å². The molecule has 0 fully saturated rings. The van der Waals surface area contributed by atoms with Crippen LogP contribution in [-0.4, -0.2) is 35.0 Å². The van der Waals surface area contributed by atoms with Crippen LogP contribution in [0.1, 0.15) is 26.8 Å². The third-order valence-corrected chi connectivity index (χ3v) is 5.58. The van der Waals surface area contributed by atoms with Crippen LogP contribution in [0.5, 0.6) is 0 Å². The zero-order valence-electron chi connectivity index (χ0n) is 17.2. The topological polar surface area (TPSA) is 85.8 Å². The zero-order chi connectivity index (χ0) is 21.6. The Morgan fingerprint density at radius 2 is 1.87 bits per heavy atom. The van der Waals surface area contributed by atoms with E-state index in [1.807, 2.05) is 25.4 Å². The number of fused-ring (bicyclic) bond motifs is 1. The maximum Gasteiger partial charge on any atom is 0.261 e. The van der Waals surface area contributed by atoms with Gasteiger partial charge in [-0.15, -0.1) is 0 Å². The molecule has 0 aliphatic carbocycles. The Balaban J connectivity index is 2.03. The number of aliphatic hydroxyl groups is 1. The second kappa shape index (κ2) is 7.34. The van der Waals surface area contributed by atoms with Gasteiger partial charge in [-0.3, -0.25) is 14.0 Å². The van der Waals surface area contributed by atoms with Gasteiger partial charge in [-0.1, -0.05) is 23.7 Å². The summed E-state index contributed by atoms with van der Waals surface area (Å²) in [7, 11) is 1.82. The van der Waals surface area contributed by atoms with Gasteiger partial charge >= 0.3 is 0 Å². The quantitative estimate of drug-likeness (QED) is 0.539. The van der Waals surface area contributed by atoms with Crippen LogP contribution in [0.25, 0.3) is 33.4 Å². The van der Waals surface area contributed by atoms with Crippen LogP contribution in [-0.2, 0) is 7.05 Å². The molecule has 154 valence electrons. The summed E-state index contributed by atoms with van der Waals surface area (Å²) in [5, 5.41) is 15.7. The minimum absolute atomic E-state index is 0.239. The van der Waals surface area contributed by atoms with E-state index >= 15 is 0 Å². The first-order valence-corrected chi connectivity index (χ1v) is 9.92. The summed E-state index contributed by atoms with van der Waals surface area (Å²) in [6, 6.07) is 8.56. The molecular weight excluding hydrogens is 402 g/mol. The summed E-state index contributed by atoms with van der Waals surface area (Å²) in [5.74, 6) is 0. The van der Waals surface area contributed by atoms with Crippen LogP contribution in [0.3, 0.4) is 0 Å². The Bertz CT molecular complexity index is 1290. The van der Waals surface area contributed by atoms with Crippen molar-refractivity contribution in [1.82, 2.24) is 24.3 Å². The first-order valence-electron chi connectivity index (χ1n) is 9.54. The number of rotatable bonds is 4. The predicted molar refractivity (Wildman–Crippen MR) is 117 cm³/mol. The molecule has 0 unspecified atom stereocenters. The third-order valence-electron chi connectivity index (χ3n) is 5.33. The molecule has 1 aromatic carbocycles. The maximum absolute atomic E-state index is 13.4. The fraction of sp³-hybridized carbons (Fsp3) is 0.273. The molecular formula is C22H22ClN5O2. The Morgan fingerprint density at radius 3 is 2.47 bits per heavy atom. The molecule has 0 amide bonds. The Hall–Kier alpha value is -3.03. The van der Waals surface area contributed by atoms with Gasteiger partial charge in [-0.05, 0) is 39.0 Å². The Morgan fingerprint density at radius 1 is 1.17 bits per heavy atom.